The van der Waals surface area contributed by atoms with Gasteiger partial charge in [0.1, 0.15) is 11.5 Å². The van der Waals surface area contributed by atoms with Crippen LogP contribution in [0.25, 0.3) is 0 Å². The Morgan fingerprint density at radius 1 is 1.00 bits per heavy atom. The number of aromatic nitrogens is 4. The summed E-state index contributed by atoms with van der Waals surface area (Å²) >= 11 is 0. The molecule has 0 atom stereocenters. The van der Waals surface area contributed by atoms with Crippen molar-refractivity contribution in [1.29, 1.82) is 0 Å². The first-order valence-corrected chi connectivity index (χ1v) is 10.8. The average molecular weight is 434 g/mol. The molecule has 0 spiro atoms. The van der Waals surface area contributed by atoms with Crippen molar-refractivity contribution >= 4 is 11.7 Å². The van der Waals surface area contributed by atoms with E-state index in [1.54, 1.807) is 17.0 Å². The van der Waals surface area contributed by atoms with E-state index in [9.17, 15) is 14.0 Å². The fourth-order valence-corrected chi connectivity index (χ4v) is 3.89. The van der Waals surface area contributed by atoms with Crippen molar-refractivity contribution in [2.45, 2.75) is 25.3 Å². The fraction of sp³-hybridized carbons (Fsp3) is 0.348. The number of hydrogen-bond acceptors (Lipinski definition) is 6. The normalized spacial score (nSPS) is 16.3. The number of rotatable bonds is 5. The number of nitrogens with zero attached hydrogens (tertiary/aromatic N) is 6. The third-order valence-electron chi connectivity index (χ3n) is 5.86. The second-order valence-electron chi connectivity index (χ2n) is 8.21. The van der Waals surface area contributed by atoms with Gasteiger partial charge in [-0.25, -0.2) is 9.07 Å². The first kappa shape index (κ1) is 20.3. The summed E-state index contributed by atoms with van der Waals surface area (Å²) < 4.78 is 14.6. The number of carbonyl (C=O) groups is 1. The largest absolute Gasteiger partial charge is 0.352 e. The van der Waals surface area contributed by atoms with Crippen LogP contribution in [-0.2, 0) is 6.54 Å². The van der Waals surface area contributed by atoms with E-state index in [-0.39, 0.29) is 29.5 Å². The Labute approximate surface area is 184 Å². The number of amides is 1. The van der Waals surface area contributed by atoms with Crippen LogP contribution < -0.4 is 10.5 Å². The summed E-state index contributed by atoms with van der Waals surface area (Å²) in [6.45, 7) is 2.43. The third kappa shape index (κ3) is 4.37. The zero-order chi connectivity index (χ0) is 22.1. The van der Waals surface area contributed by atoms with E-state index in [4.69, 9.17) is 0 Å². The summed E-state index contributed by atoms with van der Waals surface area (Å²) in [6.07, 6.45) is 2.39. The second-order valence-corrected chi connectivity index (χ2v) is 8.21. The average Bonchev–Trinajstić information content (AvgIpc) is 3.66. The van der Waals surface area contributed by atoms with Crippen LogP contribution in [0.3, 0.4) is 0 Å². The van der Waals surface area contributed by atoms with E-state index in [1.165, 1.54) is 41.8 Å². The number of hydrogen-bond donors (Lipinski definition) is 0. The molecule has 2 aromatic heterocycles. The van der Waals surface area contributed by atoms with Crippen molar-refractivity contribution in [3.63, 3.8) is 0 Å². The van der Waals surface area contributed by atoms with E-state index in [2.05, 4.69) is 20.2 Å². The van der Waals surface area contributed by atoms with Gasteiger partial charge in [0.25, 0.3) is 11.5 Å². The van der Waals surface area contributed by atoms with Crippen LogP contribution in [0.1, 0.15) is 40.5 Å². The van der Waals surface area contributed by atoms with Crippen LogP contribution in [0.5, 0.6) is 0 Å². The molecule has 1 saturated carbocycles. The van der Waals surface area contributed by atoms with Crippen molar-refractivity contribution in [3.05, 3.63) is 81.7 Å². The van der Waals surface area contributed by atoms with E-state index >= 15 is 0 Å². The maximum absolute atomic E-state index is 13.5. The molecule has 164 valence electrons. The van der Waals surface area contributed by atoms with Gasteiger partial charge in [-0.1, -0.05) is 12.1 Å². The Morgan fingerprint density at radius 3 is 2.50 bits per heavy atom. The standard InChI is InChI=1S/C23H23FN6O2/c24-18-3-1-2-16(14-18)15-30-22(31)9-7-20(27-30)23(32)29-12-10-28(11-13-29)21-8-6-19(25-26-21)17-4-5-17/h1-3,6-9,14,17H,4-5,10-13,15H2. The van der Waals surface area contributed by atoms with Gasteiger partial charge in [0.15, 0.2) is 5.82 Å². The summed E-state index contributed by atoms with van der Waals surface area (Å²) in [5, 5.41) is 12.9. The molecule has 3 heterocycles. The Kier molecular flexibility index (Phi) is 5.38. The van der Waals surface area contributed by atoms with Gasteiger partial charge < -0.3 is 9.80 Å². The molecule has 2 fully saturated rings. The smallest absolute Gasteiger partial charge is 0.274 e. The lowest BCUT2D eigenvalue weighted by Crippen LogP contribution is -2.49. The highest BCUT2D eigenvalue weighted by molar-refractivity contribution is 5.92. The minimum Gasteiger partial charge on any atom is -0.352 e. The molecule has 3 aromatic rings. The first-order chi connectivity index (χ1) is 15.6. The molecule has 0 radical (unpaired) electrons. The van der Waals surface area contributed by atoms with Crippen molar-refractivity contribution in [1.82, 2.24) is 24.9 Å². The highest BCUT2D eigenvalue weighted by Gasteiger charge is 2.27. The summed E-state index contributed by atoms with van der Waals surface area (Å²) in [5.74, 6) is 0.784. The maximum atomic E-state index is 13.5. The van der Waals surface area contributed by atoms with Gasteiger partial charge >= 0.3 is 0 Å². The number of piperazine rings is 1. The summed E-state index contributed by atoms with van der Waals surface area (Å²) in [5.41, 5.74) is 1.51. The quantitative estimate of drug-likeness (QED) is 0.611. The SMILES string of the molecule is O=C(c1ccc(=O)n(Cc2cccc(F)c2)n1)N1CCN(c2ccc(C3CC3)nn2)CC1. The molecule has 1 aliphatic heterocycles. The lowest BCUT2D eigenvalue weighted by Gasteiger charge is -2.35. The first-order valence-electron chi connectivity index (χ1n) is 10.8. The molecule has 1 amide bonds. The molecule has 5 rings (SSSR count). The molecule has 0 bridgehead atoms. The number of anilines is 1. The lowest BCUT2D eigenvalue weighted by molar-refractivity contribution is 0.0737. The van der Waals surface area contributed by atoms with E-state index < -0.39 is 0 Å². The highest BCUT2D eigenvalue weighted by Crippen LogP contribution is 2.38. The Balaban J connectivity index is 1.24. The number of halogens is 1. The minimum absolute atomic E-state index is 0.0982. The van der Waals surface area contributed by atoms with Gasteiger partial charge in [-0.05, 0) is 48.7 Å². The highest BCUT2D eigenvalue weighted by atomic mass is 19.1. The fourth-order valence-electron chi connectivity index (χ4n) is 3.89. The van der Waals surface area contributed by atoms with Crippen LogP contribution in [0.2, 0.25) is 0 Å². The van der Waals surface area contributed by atoms with Crippen molar-refractivity contribution in [2.24, 2.45) is 0 Å². The molecule has 2 aliphatic rings. The van der Waals surface area contributed by atoms with E-state index in [0.29, 0.717) is 37.7 Å². The summed E-state index contributed by atoms with van der Waals surface area (Å²) in [7, 11) is 0. The molecule has 1 aromatic carbocycles. The number of carbonyl (C=O) groups excluding carboxylic acids is 1. The van der Waals surface area contributed by atoms with Crippen LogP contribution >= 0.6 is 0 Å². The van der Waals surface area contributed by atoms with Gasteiger partial charge in [0.2, 0.25) is 0 Å². The van der Waals surface area contributed by atoms with E-state index in [0.717, 1.165) is 11.5 Å². The summed E-state index contributed by atoms with van der Waals surface area (Å²) in [6, 6.07) is 12.8. The van der Waals surface area contributed by atoms with Crippen molar-refractivity contribution in [3.8, 4) is 0 Å². The van der Waals surface area contributed by atoms with Crippen LogP contribution in [-0.4, -0.2) is 57.0 Å². The molecule has 0 N–H and O–H groups in total. The minimum atomic E-state index is -0.382. The molecule has 32 heavy (non-hydrogen) atoms. The molecular formula is C23H23FN6O2. The van der Waals surface area contributed by atoms with Crippen molar-refractivity contribution < 1.29 is 9.18 Å². The van der Waals surface area contributed by atoms with E-state index in [1.807, 2.05) is 12.1 Å². The monoisotopic (exact) mass is 434 g/mol. The van der Waals surface area contributed by atoms with Gasteiger partial charge in [-0.15, -0.1) is 5.10 Å². The second kappa shape index (κ2) is 8.49. The Bertz CT molecular complexity index is 1180. The topological polar surface area (TPSA) is 84.2 Å². The lowest BCUT2D eigenvalue weighted by atomic mass is 10.2. The van der Waals surface area contributed by atoms with Gasteiger partial charge in [0, 0.05) is 38.2 Å². The Hall–Kier alpha value is -3.62. The molecular weight excluding hydrogens is 411 g/mol. The molecule has 8 nitrogen and oxygen atoms in total. The van der Waals surface area contributed by atoms with Crippen LogP contribution in [0.4, 0.5) is 10.2 Å². The van der Waals surface area contributed by atoms with Gasteiger partial charge in [-0.3, -0.25) is 9.59 Å². The van der Waals surface area contributed by atoms with Gasteiger partial charge in [-0.2, -0.15) is 10.2 Å². The zero-order valence-corrected chi connectivity index (χ0v) is 17.5. The van der Waals surface area contributed by atoms with Crippen LogP contribution in [0, 0.1) is 5.82 Å². The molecule has 9 heteroatoms. The number of benzene rings is 1. The predicted octanol–water partition coefficient (Wildman–Crippen LogP) is 2.06. The van der Waals surface area contributed by atoms with Crippen molar-refractivity contribution in [2.75, 3.05) is 31.1 Å². The van der Waals surface area contributed by atoms with Crippen LogP contribution in [0.15, 0.2) is 53.3 Å². The van der Waals surface area contributed by atoms with Gasteiger partial charge in [0.05, 0.1) is 12.2 Å². The zero-order valence-electron chi connectivity index (χ0n) is 17.5. The Morgan fingerprint density at radius 2 is 1.81 bits per heavy atom. The molecule has 1 aliphatic carbocycles. The molecule has 1 saturated heterocycles. The predicted molar refractivity (Wildman–Crippen MR) is 116 cm³/mol. The maximum Gasteiger partial charge on any atom is 0.274 e. The molecule has 0 unspecified atom stereocenters. The third-order valence-corrected chi connectivity index (χ3v) is 5.86. The summed E-state index contributed by atoms with van der Waals surface area (Å²) in [4.78, 5) is 29.0.